The smallest absolute Gasteiger partial charge is 0.236 e. The van der Waals surface area contributed by atoms with E-state index >= 15 is 0 Å². The molecular weight excluding hydrogens is 248 g/mol. The van der Waals surface area contributed by atoms with E-state index in [0.29, 0.717) is 5.75 Å². The zero-order valence-corrected chi connectivity index (χ0v) is 11.6. The van der Waals surface area contributed by atoms with E-state index in [1.54, 1.807) is 0 Å². The first-order chi connectivity index (χ1) is 8.51. The van der Waals surface area contributed by atoms with Gasteiger partial charge in [0.15, 0.2) is 0 Å². The minimum atomic E-state index is -1.20. The Hall–Kier alpha value is -1.20. The van der Waals surface area contributed by atoms with Gasteiger partial charge in [0.1, 0.15) is 5.75 Å². The second-order valence-electron chi connectivity index (χ2n) is 4.33. The van der Waals surface area contributed by atoms with Gasteiger partial charge in [-0.1, -0.05) is 24.6 Å². The summed E-state index contributed by atoms with van der Waals surface area (Å²) >= 11 is 0. The SMILES string of the molecule is CCC(N)CS(=O)CC(=O)Nc1ccc(C)cc1. The molecule has 100 valence electrons. The van der Waals surface area contributed by atoms with E-state index in [0.717, 1.165) is 17.7 Å². The van der Waals surface area contributed by atoms with E-state index < -0.39 is 10.8 Å². The van der Waals surface area contributed by atoms with Crippen molar-refractivity contribution in [3.8, 4) is 0 Å². The second-order valence-corrected chi connectivity index (χ2v) is 5.84. The van der Waals surface area contributed by atoms with Crippen LogP contribution in [0.2, 0.25) is 0 Å². The monoisotopic (exact) mass is 268 g/mol. The van der Waals surface area contributed by atoms with Crippen molar-refractivity contribution >= 4 is 22.4 Å². The number of benzene rings is 1. The van der Waals surface area contributed by atoms with Crippen LogP contribution < -0.4 is 11.1 Å². The summed E-state index contributed by atoms with van der Waals surface area (Å²) in [5, 5.41) is 2.72. The normalized spacial score (nSPS) is 13.9. The highest BCUT2D eigenvalue weighted by Crippen LogP contribution is 2.08. The maximum Gasteiger partial charge on any atom is 0.236 e. The van der Waals surface area contributed by atoms with E-state index in [9.17, 15) is 9.00 Å². The third-order valence-corrected chi connectivity index (χ3v) is 3.94. The lowest BCUT2D eigenvalue weighted by Gasteiger charge is -2.09. The molecule has 0 radical (unpaired) electrons. The summed E-state index contributed by atoms with van der Waals surface area (Å²) in [5.74, 6) is 0.139. The van der Waals surface area contributed by atoms with Crippen molar-refractivity contribution in [3.63, 3.8) is 0 Å². The Morgan fingerprint density at radius 3 is 2.56 bits per heavy atom. The Morgan fingerprint density at radius 2 is 2.00 bits per heavy atom. The lowest BCUT2D eigenvalue weighted by Crippen LogP contribution is -2.30. The van der Waals surface area contributed by atoms with Gasteiger partial charge in [-0.05, 0) is 25.5 Å². The molecule has 0 bridgehead atoms. The van der Waals surface area contributed by atoms with Crippen molar-refractivity contribution in [1.82, 2.24) is 0 Å². The minimum Gasteiger partial charge on any atom is -0.327 e. The van der Waals surface area contributed by atoms with Gasteiger partial charge in [-0.25, -0.2) is 0 Å². The van der Waals surface area contributed by atoms with E-state index in [-0.39, 0.29) is 17.7 Å². The fourth-order valence-corrected chi connectivity index (χ4v) is 2.59. The van der Waals surface area contributed by atoms with Crippen LogP contribution in [0, 0.1) is 6.92 Å². The molecule has 1 amide bonds. The number of hydrogen-bond acceptors (Lipinski definition) is 3. The quantitative estimate of drug-likeness (QED) is 0.819. The summed E-state index contributed by atoms with van der Waals surface area (Å²) in [5.41, 5.74) is 7.55. The van der Waals surface area contributed by atoms with Crippen molar-refractivity contribution < 1.29 is 9.00 Å². The van der Waals surface area contributed by atoms with Crippen LogP contribution in [0.5, 0.6) is 0 Å². The van der Waals surface area contributed by atoms with Crippen molar-refractivity contribution in [1.29, 1.82) is 0 Å². The summed E-state index contributed by atoms with van der Waals surface area (Å²) in [4.78, 5) is 11.6. The average molecular weight is 268 g/mol. The van der Waals surface area contributed by atoms with Crippen molar-refractivity contribution in [2.75, 3.05) is 16.8 Å². The number of amides is 1. The molecule has 18 heavy (non-hydrogen) atoms. The number of anilines is 1. The summed E-state index contributed by atoms with van der Waals surface area (Å²) in [6.45, 7) is 3.92. The predicted octanol–water partition coefficient (Wildman–Crippen LogP) is 1.42. The molecule has 0 saturated heterocycles. The van der Waals surface area contributed by atoms with Crippen molar-refractivity contribution in [2.24, 2.45) is 5.73 Å². The molecule has 5 heteroatoms. The molecule has 2 unspecified atom stereocenters. The van der Waals surface area contributed by atoms with E-state index in [1.165, 1.54) is 0 Å². The predicted molar refractivity (Wildman–Crippen MR) is 76.0 cm³/mol. The number of rotatable bonds is 6. The third-order valence-electron chi connectivity index (χ3n) is 2.55. The minimum absolute atomic E-state index is 0.00156. The standard InChI is InChI=1S/C13H20N2O2S/c1-3-11(14)8-18(17)9-13(16)15-12-6-4-10(2)5-7-12/h4-7,11H,3,8-9,14H2,1-2H3,(H,15,16). The highest BCUT2D eigenvalue weighted by molar-refractivity contribution is 7.85. The van der Waals surface area contributed by atoms with E-state index in [4.69, 9.17) is 5.73 Å². The Bertz CT molecular complexity index is 418. The van der Waals surface area contributed by atoms with Crippen LogP contribution in [0.3, 0.4) is 0 Å². The third kappa shape index (κ3) is 5.42. The van der Waals surface area contributed by atoms with Gasteiger partial charge in [0.25, 0.3) is 0 Å². The Labute approximate surface area is 110 Å². The zero-order valence-electron chi connectivity index (χ0n) is 10.8. The van der Waals surface area contributed by atoms with Crippen LogP contribution >= 0.6 is 0 Å². The second kappa shape index (κ2) is 7.28. The Kier molecular flexibility index (Phi) is 6.01. The van der Waals surface area contributed by atoms with Gasteiger partial charge in [0, 0.05) is 28.3 Å². The topological polar surface area (TPSA) is 72.2 Å². The highest BCUT2D eigenvalue weighted by atomic mass is 32.2. The lowest BCUT2D eigenvalue weighted by atomic mass is 10.2. The van der Waals surface area contributed by atoms with Gasteiger partial charge in [-0.3, -0.25) is 9.00 Å². The molecular formula is C13H20N2O2S. The Morgan fingerprint density at radius 1 is 1.39 bits per heavy atom. The first-order valence-corrected chi connectivity index (χ1v) is 7.47. The number of hydrogen-bond donors (Lipinski definition) is 2. The van der Waals surface area contributed by atoms with Gasteiger partial charge < -0.3 is 11.1 Å². The van der Waals surface area contributed by atoms with Crippen molar-refractivity contribution in [2.45, 2.75) is 26.3 Å². The van der Waals surface area contributed by atoms with Gasteiger partial charge in [0.2, 0.25) is 5.91 Å². The maximum atomic E-state index is 11.6. The number of nitrogens with one attached hydrogen (secondary N) is 1. The van der Waals surface area contributed by atoms with Crippen LogP contribution in [0.25, 0.3) is 0 Å². The summed E-state index contributed by atoms with van der Waals surface area (Å²) in [7, 11) is -1.20. The van der Waals surface area contributed by atoms with Gasteiger partial charge in [-0.15, -0.1) is 0 Å². The van der Waals surface area contributed by atoms with E-state index in [2.05, 4.69) is 5.32 Å². The van der Waals surface area contributed by atoms with Crippen LogP contribution in [0.1, 0.15) is 18.9 Å². The molecule has 1 rings (SSSR count). The van der Waals surface area contributed by atoms with Gasteiger partial charge in [-0.2, -0.15) is 0 Å². The molecule has 1 aromatic carbocycles. The van der Waals surface area contributed by atoms with Gasteiger partial charge in [0.05, 0.1) is 0 Å². The fraction of sp³-hybridized carbons (Fsp3) is 0.462. The number of nitrogens with two attached hydrogens (primary N) is 1. The van der Waals surface area contributed by atoms with Gasteiger partial charge >= 0.3 is 0 Å². The molecule has 1 aromatic rings. The molecule has 0 spiro atoms. The first kappa shape index (κ1) is 14.9. The number of aryl methyl sites for hydroxylation is 1. The summed E-state index contributed by atoms with van der Waals surface area (Å²) in [6.07, 6.45) is 0.769. The first-order valence-electron chi connectivity index (χ1n) is 5.98. The zero-order chi connectivity index (χ0) is 13.5. The fourth-order valence-electron chi connectivity index (χ4n) is 1.40. The number of carbonyl (C=O) groups excluding carboxylic acids is 1. The van der Waals surface area contributed by atoms with Crippen LogP contribution in [-0.4, -0.2) is 27.7 Å². The largest absolute Gasteiger partial charge is 0.327 e. The molecule has 0 heterocycles. The molecule has 0 aliphatic carbocycles. The molecule has 4 nitrogen and oxygen atoms in total. The van der Waals surface area contributed by atoms with Crippen molar-refractivity contribution in [3.05, 3.63) is 29.8 Å². The van der Waals surface area contributed by atoms with Crippen LogP contribution in [0.15, 0.2) is 24.3 Å². The molecule has 0 aliphatic heterocycles. The number of carbonyl (C=O) groups is 1. The lowest BCUT2D eigenvalue weighted by molar-refractivity contribution is -0.113. The molecule has 3 N–H and O–H groups in total. The van der Waals surface area contributed by atoms with Crippen LogP contribution in [0.4, 0.5) is 5.69 Å². The average Bonchev–Trinajstić information content (AvgIpc) is 2.31. The van der Waals surface area contributed by atoms with E-state index in [1.807, 2.05) is 38.1 Å². The van der Waals surface area contributed by atoms with Crippen LogP contribution in [-0.2, 0) is 15.6 Å². The maximum absolute atomic E-state index is 11.6. The molecule has 0 saturated carbocycles. The summed E-state index contributed by atoms with van der Waals surface area (Å²) in [6, 6.07) is 7.39. The highest BCUT2D eigenvalue weighted by Gasteiger charge is 2.11. The summed E-state index contributed by atoms with van der Waals surface area (Å²) < 4.78 is 11.6. The molecule has 0 fully saturated rings. The molecule has 0 aromatic heterocycles. The Balaban J connectivity index is 2.42. The molecule has 2 atom stereocenters. The molecule has 0 aliphatic rings.